The van der Waals surface area contributed by atoms with Gasteiger partial charge in [-0.15, -0.1) is 0 Å². The van der Waals surface area contributed by atoms with Gasteiger partial charge >= 0.3 is 5.69 Å². The number of aryl methyl sites for hydroxylation is 1. The highest BCUT2D eigenvalue weighted by Crippen LogP contribution is 2.15. The van der Waals surface area contributed by atoms with Gasteiger partial charge in [-0.2, -0.15) is 5.10 Å². The van der Waals surface area contributed by atoms with Gasteiger partial charge in [0.15, 0.2) is 5.82 Å². The van der Waals surface area contributed by atoms with Gasteiger partial charge in [0, 0.05) is 13.7 Å². The molecule has 1 unspecified atom stereocenters. The molecule has 0 aliphatic heterocycles. The molecule has 0 fully saturated rings. The van der Waals surface area contributed by atoms with E-state index in [0.717, 1.165) is 12.8 Å². The third-order valence-electron chi connectivity index (χ3n) is 3.46. The van der Waals surface area contributed by atoms with Gasteiger partial charge in [-0.25, -0.2) is 9.89 Å². The Morgan fingerprint density at radius 1 is 1.38 bits per heavy atom. The number of ether oxygens (including phenoxy) is 1. The van der Waals surface area contributed by atoms with Crippen LogP contribution in [0.1, 0.15) is 23.9 Å². The first-order valence-electron chi connectivity index (χ1n) is 7.09. The van der Waals surface area contributed by atoms with Crippen LogP contribution in [0.4, 0.5) is 0 Å². The molecule has 0 saturated heterocycles. The van der Waals surface area contributed by atoms with Crippen molar-refractivity contribution in [1.82, 2.24) is 20.1 Å². The molecule has 6 heteroatoms. The number of aromatic nitrogens is 3. The summed E-state index contributed by atoms with van der Waals surface area (Å²) in [4.78, 5) is 12.0. The molecule has 0 bridgehead atoms. The second-order valence-corrected chi connectivity index (χ2v) is 4.98. The Kier molecular flexibility index (Phi) is 5.71. The predicted octanol–water partition coefficient (Wildman–Crippen LogP) is 1.11. The SMILES string of the molecule is CNCC(CCc1ccccc1)n1c(COC)n[nH]c1=O. The number of rotatable bonds is 8. The van der Waals surface area contributed by atoms with E-state index in [1.54, 1.807) is 11.7 Å². The Balaban J connectivity index is 2.15. The minimum absolute atomic E-state index is 0.0478. The van der Waals surface area contributed by atoms with Crippen LogP contribution in [0.5, 0.6) is 0 Å². The minimum atomic E-state index is -0.185. The Morgan fingerprint density at radius 3 is 2.81 bits per heavy atom. The second-order valence-electron chi connectivity index (χ2n) is 4.98. The van der Waals surface area contributed by atoms with Crippen molar-refractivity contribution in [2.45, 2.75) is 25.5 Å². The van der Waals surface area contributed by atoms with Gasteiger partial charge in [-0.1, -0.05) is 30.3 Å². The van der Waals surface area contributed by atoms with Crippen LogP contribution < -0.4 is 11.0 Å². The summed E-state index contributed by atoms with van der Waals surface area (Å²) in [7, 11) is 3.48. The smallest absolute Gasteiger partial charge is 0.343 e. The maximum absolute atomic E-state index is 12.0. The molecule has 0 spiro atoms. The van der Waals surface area contributed by atoms with E-state index in [1.165, 1.54) is 5.56 Å². The molecule has 0 radical (unpaired) electrons. The van der Waals surface area contributed by atoms with Crippen LogP contribution in [0.25, 0.3) is 0 Å². The Labute approximate surface area is 124 Å². The van der Waals surface area contributed by atoms with Gasteiger partial charge in [0.1, 0.15) is 6.61 Å². The van der Waals surface area contributed by atoms with Crippen LogP contribution in [-0.2, 0) is 17.8 Å². The van der Waals surface area contributed by atoms with Crippen molar-refractivity contribution < 1.29 is 4.74 Å². The molecular weight excluding hydrogens is 268 g/mol. The van der Waals surface area contributed by atoms with Gasteiger partial charge in [0.2, 0.25) is 0 Å². The van der Waals surface area contributed by atoms with Crippen molar-refractivity contribution in [2.24, 2.45) is 0 Å². The third-order valence-corrected chi connectivity index (χ3v) is 3.46. The molecule has 0 aliphatic carbocycles. The van der Waals surface area contributed by atoms with E-state index >= 15 is 0 Å². The maximum atomic E-state index is 12.0. The van der Waals surface area contributed by atoms with Crippen LogP contribution in [0, 0.1) is 0 Å². The van der Waals surface area contributed by atoms with Crippen molar-refractivity contribution in [3.8, 4) is 0 Å². The fourth-order valence-corrected chi connectivity index (χ4v) is 2.48. The molecule has 0 saturated carbocycles. The lowest BCUT2D eigenvalue weighted by Crippen LogP contribution is -2.31. The quantitative estimate of drug-likeness (QED) is 0.764. The lowest BCUT2D eigenvalue weighted by molar-refractivity contribution is 0.171. The molecule has 1 heterocycles. The summed E-state index contributed by atoms with van der Waals surface area (Å²) in [6, 6.07) is 10.3. The van der Waals surface area contributed by atoms with Crippen LogP contribution in [0.15, 0.2) is 35.1 Å². The van der Waals surface area contributed by atoms with Gasteiger partial charge in [0.05, 0.1) is 6.04 Å². The highest BCUT2D eigenvalue weighted by Gasteiger charge is 2.18. The van der Waals surface area contributed by atoms with E-state index in [2.05, 4.69) is 27.6 Å². The molecule has 0 aliphatic rings. The Morgan fingerprint density at radius 2 is 2.14 bits per heavy atom. The van der Waals surface area contributed by atoms with E-state index in [1.807, 2.05) is 25.2 Å². The van der Waals surface area contributed by atoms with Crippen molar-refractivity contribution in [3.05, 3.63) is 52.2 Å². The van der Waals surface area contributed by atoms with E-state index in [0.29, 0.717) is 19.0 Å². The molecule has 1 aromatic heterocycles. The summed E-state index contributed by atoms with van der Waals surface area (Å²) < 4.78 is 6.81. The topological polar surface area (TPSA) is 71.9 Å². The highest BCUT2D eigenvalue weighted by atomic mass is 16.5. The summed E-state index contributed by atoms with van der Waals surface area (Å²) in [5, 5.41) is 9.69. The molecule has 114 valence electrons. The molecule has 2 rings (SSSR count). The fourth-order valence-electron chi connectivity index (χ4n) is 2.48. The van der Waals surface area contributed by atoms with Crippen molar-refractivity contribution in [3.63, 3.8) is 0 Å². The lowest BCUT2D eigenvalue weighted by atomic mass is 10.0. The number of benzene rings is 1. The summed E-state index contributed by atoms with van der Waals surface area (Å²) in [5.41, 5.74) is 1.08. The molecule has 21 heavy (non-hydrogen) atoms. The number of methoxy groups -OCH3 is 1. The summed E-state index contributed by atoms with van der Waals surface area (Å²) in [6.07, 6.45) is 1.78. The van der Waals surface area contributed by atoms with Crippen molar-refractivity contribution >= 4 is 0 Å². The molecule has 1 aromatic carbocycles. The standard InChI is InChI=1S/C15H22N4O2/c1-16-10-13(9-8-12-6-4-3-5-7-12)19-14(11-21-2)17-18-15(19)20/h3-7,13,16H,8-11H2,1-2H3,(H,18,20). The summed E-state index contributed by atoms with van der Waals surface area (Å²) >= 11 is 0. The Bertz CT molecular complexity index is 591. The monoisotopic (exact) mass is 290 g/mol. The lowest BCUT2D eigenvalue weighted by Gasteiger charge is -2.19. The number of nitrogens with zero attached hydrogens (tertiary/aromatic N) is 2. The zero-order valence-corrected chi connectivity index (χ0v) is 12.5. The molecule has 6 nitrogen and oxygen atoms in total. The number of hydrogen-bond donors (Lipinski definition) is 2. The molecule has 2 aromatic rings. The number of nitrogens with one attached hydrogen (secondary N) is 2. The van der Waals surface area contributed by atoms with Crippen molar-refractivity contribution in [2.75, 3.05) is 20.7 Å². The Hall–Kier alpha value is -1.92. The van der Waals surface area contributed by atoms with Gasteiger partial charge in [-0.05, 0) is 25.5 Å². The van der Waals surface area contributed by atoms with Crippen LogP contribution in [-0.4, -0.2) is 35.5 Å². The zero-order chi connectivity index (χ0) is 15.1. The number of hydrogen-bond acceptors (Lipinski definition) is 4. The summed E-state index contributed by atoms with van der Waals surface area (Å²) in [6.45, 7) is 1.03. The maximum Gasteiger partial charge on any atom is 0.343 e. The largest absolute Gasteiger partial charge is 0.377 e. The normalized spacial score (nSPS) is 12.5. The zero-order valence-electron chi connectivity index (χ0n) is 12.5. The van der Waals surface area contributed by atoms with Crippen LogP contribution in [0.3, 0.4) is 0 Å². The molecule has 2 N–H and O–H groups in total. The molecule has 0 amide bonds. The first-order valence-corrected chi connectivity index (χ1v) is 7.09. The number of likely N-dealkylation sites (N-methyl/N-ethyl adjacent to an activating group) is 1. The van der Waals surface area contributed by atoms with Crippen LogP contribution >= 0.6 is 0 Å². The second kappa shape index (κ2) is 7.75. The first-order chi connectivity index (χ1) is 10.3. The minimum Gasteiger partial charge on any atom is -0.377 e. The van der Waals surface area contributed by atoms with Crippen LogP contribution in [0.2, 0.25) is 0 Å². The van der Waals surface area contributed by atoms with E-state index < -0.39 is 0 Å². The van der Waals surface area contributed by atoms with E-state index in [4.69, 9.17) is 4.74 Å². The van der Waals surface area contributed by atoms with Gasteiger partial charge in [0.25, 0.3) is 0 Å². The van der Waals surface area contributed by atoms with Gasteiger partial charge < -0.3 is 10.1 Å². The number of H-pyrrole nitrogens is 1. The van der Waals surface area contributed by atoms with Crippen molar-refractivity contribution in [1.29, 1.82) is 0 Å². The predicted molar refractivity (Wildman–Crippen MR) is 81.3 cm³/mol. The molecule has 1 atom stereocenters. The number of aromatic amines is 1. The average Bonchev–Trinajstić information content (AvgIpc) is 2.86. The first kappa shape index (κ1) is 15.5. The molecular formula is C15H22N4O2. The van der Waals surface area contributed by atoms with Gasteiger partial charge in [-0.3, -0.25) is 4.57 Å². The highest BCUT2D eigenvalue weighted by molar-refractivity contribution is 5.14. The third kappa shape index (κ3) is 4.03. The van der Waals surface area contributed by atoms with E-state index in [-0.39, 0.29) is 11.7 Å². The average molecular weight is 290 g/mol. The summed E-state index contributed by atoms with van der Waals surface area (Å²) in [5.74, 6) is 0.635. The van der Waals surface area contributed by atoms with E-state index in [9.17, 15) is 4.79 Å². The fraction of sp³-hybridized carbons (Fsp3) is 0.467.